The molecule has 1 fully saturated rings. The van der Waals surface area contributed by atoms with E-state index < -0.39 is 17.3 Å². The Balaban J connectivity index is 1.51. The van der Waals surface area contributed by atoms with Gasteiger partial charge in [0.1, 0.15) is 11.6 Å². The van der Waals surface area contributed by atoms with E-state index in [0.717, 1.165) is 30.6 Å². The van der Waals surface area contributed by atoms with E-state index in [-0.39, 0.29) is 36.4 Å². The van der Waals surface area contributed by atoms with E-state index in [9.17, 15) is 14.0 Å². The first kappa shape index (κ1) is 23.7. The highest BCUT2D eigenvalue weighted by Gasteiger charge is 2.39. The number of nitrogens with zero attached hydrogens (tertiary/aromatic N) is 1. The van der Waals surface area contributed by atoms with Crippen LogP contribution in [0.4, 0.5) is 4.39 Å². The Kier molecular flexibility index (Phi) is 6.86. The van der Waals surface area contributed by atoms with Crippen molar-refractivity contribution in [1.82, 2.24) is 15.5 Å². The normalized spacial score (nSPS) is 19.5. The van der Waals surface area contributed by atoms with Crippen molar-refractivity contribution in [3.63, 3.8) is 0 Å². The third-order valence-corrected chi connectivity index (χ3v) is 6.85. The molecule has 0 aromatic heterocycles. The number of fused-ring (bicyclic) bond motifs is 1. The number of hydrogen-bond acceptors (Lipinski definition) is 4. The number of rotatable bonds is 6. The monoisotopic (exact) mass is 466 g/mol. The van der Waals surface area contributed by atoms with Gasteiger partial charge in [-0.15, -0.1) is 0 Å². The lowest BCUT2D eigenvalue weighted by Crippen LogP contribution is -2.61. The van der Waals surface area contributed by atoms with Crippen LogP contribution < -0.4 is 15.4 Å². The molecule has 1 saturated heterocycles. The minimum Gasteiger partial charge on any atom is -0.493 e. The number of ether oxygens (including phenoxy) is 1. The Hall–Kier alpha value is -3.42. The minimum absolute atomic E-state index is 0.00488. The number of amides is 2. The standard InChI is InChI=1S/C26H31FN4O3/c1-3-26(4-2)15-23(32)31(25(28)30-26)16-17-12-18(14-19(27)13-17)24(33)29-21-9-7-11-34-22-10-6-5-8-20(21)22/h5-6,8,10,12-14,21H,3-4,7,9,11,15-16H2,1-2H3,(H2,28,30)(H,29,33). The largest absolute Gasteiger partial charge is 0.493 e. The third-order valence-electron chi connectivity index (χ3n) is 6.85. The Bertz CT molecular complexity index is 1080. The number of carbonyl (C=O) groups excluding carboxylic acids is 2. The molecule has 0 aliphatic carbocycles. The second-order valence-electron chi connectivity index (χ2n) is 9.02. The molecule has 0 saturated carbocycles. The van der Waals surface area contributed by atoms with E-state index in [1.165, 1.54) is 17.0 Å². The Morgan fingerprint density at radius 1 is 1.26 bits per heavy atom. The van der Waals surface area contributed by atoms with Gasteiger partial charge in [-0.2, -0.15) is 0 Å². The molecule has 0 radical (unpaired) electrons. The fraction of sp³-hybridized carbons (Fsp3) is 0.423. The van der Waals surface area contributed by atoms with Crippen molar-refractivity contribution < 1.29 is 18.7 Å². The molecule has 180 valence electrons. The first-order valence-corrected chi connectivity index (χ1v) is 11.8. The van der Waals surface area contributed by atoms with Crippen LogP contribution >= 0.6 is 0 Å². The smallest absolute Gasteiger partial charge is 0.251 e. The lowest BCUT2D eigenvalue weighted by Gasteiger charge is -2.42. The first-order valence-electron chi connectivity index (χ1n) is 11.8. The van der Waals surface area contributed by atoms with Crippen LogP contribution in [0.25, 0.3) is 0 Å². The second-order valence-corrected chi connectivity index (χ2v) is 9.02. The van der Waals surface area contributed by atoms with Crippen molar-refractivity contribution in [3.8, 4) is 5.75 Å². The van der Waals surface area contributed by atoms with Gasteiger partial charge in [-0.1, -0.05) is 32.0 Å². The summed E-state index contributed by atoms with van der Waals surface area (Å²) in [5, 5.41) is 14.5. The predicted octanol–water partition coefficient (Wildman–Crippen LogP) is 4.28. The molecule has 4 rings (SSSR count). The number of guanidine groups is 1. The molecule has 0 spiro atoms. The van der Waals surface area contributed by atoms with E-state index in [2.05, 4.69) is 10.6 Å². The van der Waals surface area contributed by atoms with Crippen molar-refractivity contribution in [1.29, 1.82) is 5.41 Å². The zero-order valence-corrected chi connectivity index (χ0v) is 19.6. The summed E-state index contributed by atoms with van der Waals surface area (Å²) in [5.74, 6) is -0.387. The van der Waals surface area contributed by atoms with E-state index in [1.54, 1.807) is 6.07 Å². The minimum atomic E-state index is -0.562. The molecular weight excluding hydrogens is 435 g/mol. The van der Waals surface area contributed by atoms with Crippen molar-refractivity contribution >= 4 is 17.8 Å². The van der Waals surface area contributed by atoms with Gasteiger partial charge in [0.15, 0.2) is 5.96 Å². The van der Waals surface area contributed by atoms with Crippen LogP contribution in [-0.4, -0.2) is 34.8 Å². The van der Waals surface area contributed by atoms with Crippen molar-refractivity contribution in [2.24, 2.45) is 0 Å². The Labute approximate surface area is 199 Å². The lowest BCUT2D eigenvalue weighted by atomic mass is 9.87. The molecule has 2 heterocycles. The second kappa shape index (κ2) is 9.83. The molecule has 2 aliphatic heterocycles. The van der Waals surface area contributed by atoms with Crippen molar-refractivity contribution in [2.75, 3.05) is 6.61 Å². The van der Waals surface area contributed by atoms with Gasteiger partial charge < -0.3 is 15.4 Å². The SMILES string of the molecule is CCC1(CC)CC(=O)N(Cc2cc(F)cc(C(=O)NC3CCCOc4ccccc43)c2)C(=N)N1. The third kappa shape index (κ3) is 4.90. The lowest BCUT2D eigenvalue weighted by molar-refractivity contribution is -0.131. The molecule has 7 nitrogen and oxygen atoms in total. The molecule has 8 heteroatoms. The van der Waals surface area contributed by atoms with Gasteiger partial charge in [0, 0.05) is 16.7 Å². The maximum Gasteiger partial charge on any atom is 0.251 e. The van der Waals surface area contributed by atoms with Gasteiger partial charge in [-0.05, 0) is 55.5 Å². The van der Waals surface area contributed by atoms with E-state index >= 15 is 0 Å². The summed E-state index contributed by atoms with van der Waals surface area (Å²) in [6, 6.07) is 11.4. The summed E-state index contributed by atoms with van der Waals surface area (Å²) in [6.07, 6.45) is 3.23. The van der Waals surface area contributed by atoms with Gasteiger partial charge in [0.2, 0.25) is 5.91 Å². The Morgan fingerprint density at radius 3 is 2.76 bits per heavy atom. The molecule has 2 aliphatic rings. The zero-order valence-electron chi connectivity index (χ0n) is 19.6. The number of halogens is 1. The molecule has 0 bridgehead atoms. The molecule has 2 aromatic carbocycles. The maximum atomic E-state index is 14.5. The fourth-order valence-corrected chi connectivity index (χ4v) is 4.69. The topological polar surface area (TPSA) is 94.5 Å². The summed E-state index contributed by atoms with van der Waals surface area (Å²) in [5.41, 5.74) is 1.11. The maximum absolute atomic E-state index is 14.5. The molecule has 34 heavy (non-hydrogen) atoms. The number of benzene rings is 2. The first-order chi connectivity index (χ1) is 16.3. The summed E-state index contributed by atoms with van der Waals surface area (Å²) in [7, 11) is 0. The number of nitrogens with one attached hydrogen (secondary N) is 3. The highest BCUT2D eigenvalue weighted by molar-refractivity contribution is 5.99. The number of hydrogen-bond donors (Lipinski definition) is 3. The highest BCUT2D eigenvalue weighted by Crippen LogP contribution is 2.31. The fourth-order valence-electron chi connectivity index (χ4n) is 4.69. The van der Waals surface area contributed by atoms with Crippen LogP contribution in [0.3, 0.4) is 0 Å². The highest BCUT2D eigenvalue weighted by atomic mass is 19.1. The zero-order chi connectivity index (χ0) is 24.3. The van der Waals surface area contributed by atoms with Crippen molar-refractivity contribution in [2.45, 2.75) is 64.1 Å². The molecular formula is C26H31FN4O3. The summed E-state index contributed by atoms with van der Waals surface area (Å²) in [4.78, 5) is 27.2. The van der Waals surface area contributed by atoms with Gasteiger partial charge in [0.05, 0.1) is 25.6 Å². The number of carbonyl (C=O) groups is 2. The molecule has 1 unspecified atom stereocenters. The Morgan fingerprint density at radius 2 is 2.03 bits per heavy atom. The van der Waals surface area contributed by atoms with Crippen LogP contribution in [0, 0.1) is 11.2 Å². The van der Waals surface area contributed by atoms with Crippen LogP contribution in [0.15, 0.2) is 42.5 Å². The van der Waals surface area contributed by atoms with E-state index in [1.807, 2.05) is 38.1 Å². The molecule has 2 aromatic rings. The van der Waals surface area contributed by atoms with Crippen LogP contribution in [-0.2, 0) is 11.3 Å². The van der Waals surface area contributed by atoms with E-state index in [4.69, 9.17) is 10.1 Å². The van der Waals surface area contributed by atoms with Crippen LogP contribution in [0.1, 0.15) is 73.5 Å². The molecule has 3 N–H and O–H groups in total. The van der Waals surface area contributed by atoms with Crippen molar-refractivity contribution in [3.05, 3.63) is 65.0 Å². The summed E-state index contributed by atoms with van der Waals surface area (Å²) < 4.78 is 20.2. The van der Waals surface area contributed by atoms with Crippen LogP contribution in [0.5, 0.6) is 5.75 Å². The van der Waals surface area contributed by atoms with Gasteiger partial charge >= 0.3 is 0 Å². The van der Waals surface area contributed by atoms with Crippen LogP contribution in [0.2, 0.25) is 0 Å². The number of para-hydroxylation sites is 1. The van der Waals surface area contributed by atoms with Gasteiger partial charge in [-0.3, -0.25) is 19.9 Å². The molecule has 1 atom stereocenters. The average molecular weight is 467 g/mol. The predicted molar refractivity (Wildman–Crippen MR) is 127 cm³/mol. The molecule has 2 amide bonds. The van der Waals surface area contributed by atoms with E-state index in [0.29, 0.717) is 18.6 Å². The van der Waals surface area contributed by atoms with Gasteiger partial charge in [-0.25, -0.2) is 4.39 Å². The van der Waals surface area contributed by atoms with Gasteiger partial charge in [0.25, 0.3) is 5.91 Å². The summed E-state index contributed by atoms with van der Waals surface area (Å²) in [6.45, 7) is 4.58. The average Bonchev–Trinajstić information content (AvgIpc) is 3.03. The summed E-state index contributed by atoms with van der Waals surface area (Å²) >= 11 is 0. The quantitative estimate of drug-likeness (QED) is 0.592.